The molecule has 0 aromatic heterocycles. The van der Waals surface area contributed by atoms with Crippen molar-refractivity contribution in [2.75, 3.05) is 5.33 Å². The van der Waals surface area contributed by atoms with Crippen LogP contribution in [0.2, 0.25) is 0 Å². The van der Waals surface area contributed by atoms with E-state index in [-0.39, 0.29) is 0 Å². The molecule has 1 heteroatoms. The SMILES string of the molecule is C=CC(CBr)C1CCCC1. The number of hydrogen-bond donors (Lipinski definition) is 0. The van der Waals surface area contributed by atoms with Gasteiger partial charge in [0.2, 0.25) is 0 Å². The third kappa shape index (κ3) is 1.85. The van der Waals surface area contributed by atoms with E-state index in [0.717, 1.165) is 17.2 Å². The minimum atomic E-state index is 0.725. The first-order valence-electron chi connectivity index (χ1n) is 4.07. The summed E-state index contributed by atoms with van der Waals surface area (Å²) in [4.78, 5) is 0. The first-order valence-corrected chi connectivity index (χ1v) is 5.19. The van der Waals surface area contributed by atoms with Gasteiger partial charge in [0.25, 0.3) is 0 Å². The molecule has 0 heterocycles. The molecular weight excluding hydrogens is 188 g/mol. The van der Waals surface area contributed by atoms with Crippen molar-refractivity contribution < 1.29 is 0 Å². The van der Waals surface area contributed by atoms with E-state index in [1.807, 2.05) is 0 Å². The Morgan fingerprint density at radius 3 is 2.50 bits per heavy atom. The van der Waals surface area contributed by atoms with Crippen molar-refractivity contribution in [3.8, 4) is 0 Å². The van der Waals surface area contributed by atoms with E-state index in [9.17, 15) is 0 Å². The van der Waals surface area contributed by atoms with Crippen molar-refractivity contribution in [2.45, 2.75) is 25.7 Å². The van der Waals surface area contributed by atoms with Gasteiger partial charge >= 0.3 is 0 Å². The topological polar surface area (TPSA) is 0 Å². The van der Waals surface area contributed by atoms with Crippen LogP contribution in [0.25, 0.3) is 0 Å². The number of hydrogen-bond acceptors (Lipinski definition) is 0. The second-order valence-electron chi connectivity index (χ2n) is 3.10. The van der Waals surface area contributed by atoms with Crippen LogP contribution in [0.4, 0.5) is 0 Å². The molecule has 0 bridgehead atoms. The molecule has 1 unspecified atom stereocenters. The van der Waals surface area contributed by atoms with Crippen LogP contribution in [0.15, 0.2) is 12.7 Å². The normalized spacial score (nSPS) is 22.9. The summed E-state index contributed by atoms with van der Waals surface area (Å²) < 4.78 is 0. The molecule has 1 aliphatic rings. The molecule has 0 nitrogen and oxygen atoms in total. The Labute approximate surface area is 71.8 Å². The first-order chi connectivity index (χ1) is 4.88. The van der Waals surface area contributed by atoms with Crippen molar-refractivity contribution in [1.29, 1.82) is 0 Å². The zero-order chi connectivity index (χ0) is 7.40. The molecule has 58 valence electrons. The van der Waals surface area contributed by atoms with Gasteiger partial charge in [0.1, 0.15) is 0 Å². The third-order valence-electron chi connectivity index (χ3n) is 2.49. The van der Waals surface area contributed by atoms with Crippen LogP contribution in [0.5, 0.6) is 0 Å². The van der Waals surface area contributed by atoms with Crippen LogP contribution in [0.3, 0.4) is 0 Å². The summed E-state index contributed by atoms with van der Waals surface area (Å²) in [5.41, 5.74) is 0. The van der Waals surface area contributed by atoms with E-state index >= 15 is 0 Å². The Morgan fingerprint density at radius 2 is 2.10 bits per heavy atom. The first kappa shape index (κ1) is 8.32. The molecule has 0 amide bonds. The quantitative estimate of drug-likeness (QED) is 0.487. The summed E-state index contributed by atoms with van der Waals surface area (Å²) in [7, 11) is 0. The predicted molar refractivity (Wildman–Crippen MR) is 49.4 cm³/mol. The Hall–Kier alpha value is 0.220. The van der Waals surface area contributed by atoms with Crippen LogP contribution in [0.1, 0.15) is 25.7 Å². The average molecular weight is 203 g/mol. The summed E-state index contributed by atoms with van der Waals surface area (Å²) >= 11 is 3.51. The van der Waals surface area contributed by atoms with Gasteiger partial charge < -0.3 is 0 Å². The van der Waals surface area contributed by atoms with Crippen molar-refractivity contribution in [3.63, 3.8) is 0 Å². The number of alkyl halides is 1. The zero-order valence-electron chi connectivity index (χ0n) is 6.35. The fourth-order valence-corrected chi connectivity index (χ4v) is 2.56. The smallest absolute Gasteiger partial charge is 0.00968 e. The minimum absolute atomic E-state index is 0.725. The van der Waals surface area contributed by atoms with Gasteiger partial charge in [-0.05, 0) is 24.7 Å². The molecule has 0 radical (unpaired) electrons. The molecular formula is C9H15Br. The largest absolute Gasteiger partial charge is 0.103 e. The number of rotatable bonds is 3. The van der Waals surface area contributed by atoms with Gasteiger partial charge in [0.15, 0.2) is 0 Å². The van der Waals surface area contributed by atoms with Crippen molar-refractivity contribution in [2.24, 2.45) is 11.8 Å². The number of halogens is 1. The van der Waals surface area contributed by atoms with Gasteiger partial charge in [0.05, 0.1) is 0 Å². The fraction of sp³-hybridized carbons (Fsp3) is 0.778. The van der Waals surface area contributed by atoms with Gasteiger partial charge in [0, 0.05) is 5.33 Å². The maximum absolute atomic E-state index is 3.85. The third-order valence-corrected chi connectivity index (χ3v) is 3.23. The van der Waals surface area contributed by atoms with Crippen molar-refractivity contribution >= 4 is 15.9 Å². The maximum atomic E-state index is 3.85. The lowest BCUT2D eigenvalue weighted by Gasteiger charge is -2.15. The predicted octanol–water partition coefficient (Wildman–Crippen LogP) is 3.37. The van der Waals surface area contributed by atoms with E-state index in [4.69, 9.17) is 0 Å². The summed E-state index contributed by atoms with van der Waals surface area (Å²) in [6.07, 6.45) is 7.80. The van der Waals surface area contributed by atoms with Gasteiger partial charge in [-0.2, -0.15) is 0 Å². The fourth-order valence-electron chi connectivity index (χ4n) is 1.77. The standard InChI is InChI=1S/C9H15Br/c1-2-8(7-10)9-5-3-4-6-9/h2,8-9H,1,3-7H2. The van der Waals surface area contributed by atoms with E-state index in [0.29, 0.717) is 0 Å². The molecule has 0 aromatic rings. The molecule has 0 spiro atoms. The van der Waals surface area contributed by atoms with E-state index in [2.05, 4.69) is 28.6 Å². The molecule has 1 aliphatic carbocycles. The maximum Gasteiger partial charge on any atom is 0.00968 e. The Morgan fingerprint density at radius 1 is 1.50 bits per heavy atom. The molecule has 1 atom stereocenters. The minimum Gasteiger partial charge on any atom is -0.103 e. The van der Waals surface area contributed by atoms with Gasteiger partial charge in [-0.3, -0.25) is 0 Å². The molecule has 10 heavy (non-hydrogen) atoms. The lowest BCUT2D eigenvalue weighted by atomic mass is 9.93. The van der Waals surface area contributed by atoms with Gasteiger partial charge in [-0.15, -0.1) is 6.58 Å². The Bertz CT molecular complexity index is 103. The summed E-state index contributed by atoms with van der Waals surface area (Å²) in [5, 5.41) is 1.10. The van der Waals surface area contributed by atoms with E-state index < -0.39 is 0 Å². The van der Waals surface area contributed by atoms with E-state index in [1.165, 1.54) is 25.7 Å². The highest BCUT2D eigenvalue weighted by molar-refractivity contribution is 9.09. The second-order valence-corrected chi connectivity index (χ2v) is 3.75. The Kier molecular flexibility index (Phi) is 3.47. The average Bonchev–Trinajstić information content (AvgIpc) is 2.43. The van der Waals surface area contributed by atoms with Crippen LogP contribution in [0, 0.1) is 11.8 Å². The monoisotopic (exact) mass is 202 g/mol. The summed E-state index contributed by atoms with van der Waals surface area (Å²) in [5.74, 6) is 1.65. The van der Waals surface area contributed by atoms with Crippen LogP contribution in [-0.2, 0) is 0 Å². The van der Waals surface area contributed by atoms with Crippen molar-refractivity contribution in [3.05, 3.63) is 12.7 Å². The highest BCUT2D eigenvalue weighted by atomic mass is 79.9. The molecule has 0 saturated heterocycles. The molecule has 0 aromatic carbocycles. The van der Waals surface area contributed by atoms with E-state index in [1.54, 1.807) is 0 Å². The summed E-state index contributed by atoms with van der Waals surface area (Å²) in [6.45, 7) is 3.85. The molecule has 0 N–H and O–H groups in total. The number of allylic oxidation sites excluding steroid dienone is 1. The molecule has 1 fully saturated rings. The van der Waals surface area contributed by atoms with Crippen molar-refractivity contribution in [1.82, 2.24) is 0 Å². The molecule has 1 rings (SSSR count). The molecule has 0 aliphatic heterocycles. The van der Waals surface area contributed by atoms with Crippen LogP contribution >= 0.6 is 15.9 Å². The summed E-state index contributed by atoms with van der Waals surface area (Å²) in [6, 6.07) is 0. The van der Waals surface area contributed by atoms with Crippen LogP contribution in [-0.4, -0.2) is 5.33 Å². The zero-order valence-corrected chi connectivity index (χ0v) is 7.94. The molecule has 1 saturated carbocycles. The lowest BCUT2D eigenvalue weighted by molar-refractivity contribution is 0.442. The van der Waals surface area contributed by atoms with Crippen LogP contribution < -0.4 is 0 Å². The second kappa shape index (κ2) is 4.17. The lowest BCUT2D eigenvalue weighted by Crippen LogP contribution is -2.09. The van der Waals surface area contributed by atoms with Gasteiger partial charge in [-0.25, -0.2) is 0 Å². The highest BCUT2D eigenvalue weighted by Gasteiger charge is 2.21. The Balaban J connectivity index is 2.36. The highest BCUT2D eigenvalue weighted by Crippen LogP contribution is 2.32. The van der Waals surface area contributed by atoms with Gasteiger partial charge in [-0.1, -0.05) is 34.8 Å².